The highest BCUT2D eigenvalue weighted by atomic mass is 19.2. The van der Waals surface area contributed by atoms with E-state index in [9.17, 15) is 8.78 Å². The van der Waals surface area contributed by atoms with Gasteiger partial charge < -0.3 is 0 Å². The molecular weight excluding hydrogens is 134 g/mol. The zero-order chi connectivity index (χ0) is 7.98. The zero-order valence-corrected chi connectivity index (χ0v) is 6.32. The van der Waals surface area contributed by atoms with Crippen molar-refractivity contribution in [2.24, 2.45) is 0 Å². The fraction of sp³-hybridized carbons (Fsp3) is 0.500. The summed E-state index contributed by atoms with van der Waals surface area (Å²) >= 11 is 0. The van der Waals surface area contributed by atoms with Crippen molar-refractivity contribution in [1.82, 2.24) is 0 Å². The number of halogens is 2. The van der Waals surface area contributed by atoms with E-state index in [2.05, 4.69) is 0 Å². The predicted octanol–water partition coefficient (Wildman–Crippen LogP) is 3.51. The Balaban J connectivity index is 4.06. The number of allylic oxidation sites excluding steroid dienone is 4. The maximum absolute atomic E-state index is 12.4. The normalized spacial score (nSPS) is 14.0. The summed E-state index contributed by atoms with van der Waals surface area (Å²) in [6.45, 7) is 3.53. The molecule has 0 spiro atoms. The van der Waals surface area contributed by atoms with Crippen LogP contribution < -0.4 is 0 Å². The summed E-state index contributed by atoms with van der Waals surface area (Å²) in [5.41, 5.74) is 0. The molecule has 0 bridgehead atoms. The molecule has 0 atom stereocenters. The average Bonchev–Trinajstić information content (AvgIpc) is 1.89. The van der Waals surface area contributed by atoms with Crippen molar-refractivity contribution in [3.63, 3.8) is 0 Å². The van der Waals surface area contributed by atoms with Crippen LogP contribution in [0.1, 0.15) is 26.7 Å². The largest absolute Gasteiger partial charge is 0.204 e. The van der Waals surface area contributed by atoms with Gasteiger partial charge in [-0.15, -0.1) is 0 Å². The third-order valence-corrected chi connectivity index (χ3v) is 0.995. The Morgan fingerprint density at radius 2 is 1.30 bits per heavy atom. The van der Waals surface area contributed by atoms with Crippen LogP contribution in [0.25, 0.3) is 0 Å². The lowest BCUT2D eigenvalue weighted by Gasteiger charge is -1.89. The molecule has 0 saturated heterocycles. The third-order valence-electron chi connectivity index (χ3n) is 0.995. The first-order valence-electron chi connectivity index (χ1n) is 3.44. The van der Waals surface area contributed by atoms with Gasteiger partial charge in [0.1, 0.15) is 0 Å². The molecule has 0 aromatic rings. The first-order chi connectivity index (χ1) is 4.72. The monoisotopic (exact) mass is 146 g/mol. The lowest BCUT2D eigenvalue weighted by atomic mass is 10.3. The molecule has 0 nitrogen and oxygen atoms in total. The van der Waals surface area contributed by atoms with Crippen LogP contribution >= 0.6 is 0 Å². The molecule has 0 aliphatic carbocycles. The molecular formula is C8H12F2. The van der Waals surface area contributed by atoms with Gasteiger partial charge in [0.2, 0.25) is 0 Å². The van der Waals surface area contributed by atoms with E-state index in [1.165, 1.54) is 12.2 Å². The van der Waals surface area contributed by atoms with Gasteiger partial charge >= 0.3 is 0 Å². The molecule has 0 aromatic heterocycles. The summed E-state index contributed by atoms with van der Waals surface area (Å²) in [4.78, 5) is 0. The van der Waals surface area contributed by atoms with Crippen LogP contribution in [0.15, 0.2) is 23.8 Å². The second kappa shape index (κ2) is 5.15. The molecule has 0 rings (SSSR count). The molecule has 10 heavy (non-hydrogen) atoms. The zero-order valence-electron chi connectivity index (χ0n) is 6.32. The highest BCUT2D eigenvalue weighted by Crippen LogP contribution is 2.13. The van der Waals surface area contributed by atoms with Crippen molar-refractivity contribution < 1.29 is 8.78 Å². The van der Waals surface area contributed by atoms with E-state index in [4.69, 9.17) is 0 Å². The van der Waals surface area contributed by atoms with Gasteiger partial charge in [-0.25, -0.2) is 8.78 Å². The minimum atomic E-state index is -0.746. The van der Waals surface area contributed by atoms with Crippen LogP contribution in [0.5, 0.6) is 0 Å². The lowest BCUT2D eigenvalue weighted by Crippen LogP contribution is -1.74. The number of hydrogen-bond donors (Lipinski definition) is 0. The fourth-order valence-corrected chi connectivity index (χ4v) is 0.553. The van der Waals surface area contributed by atoms with Crippen LogP contribution in [0.4, 0.5) is 8.78 Å². The molecule has 0 aliphatic heterocycles. The summed E-state index contributed by atoms with van der Waals surface area (Å²) in [6, 6.07) is 0. The molecule has 2 heteroatoms. The van der Waals surface area contributed by atoms with Crippen LogP contribution in [-0.2, 0) is 0 Å². The first-order valence-corrected chi connectivity index (χ1v) is 3.44. The SMILES string of the molecule is CC/C=C(F)\C(F)=C/CC. The van der Waals surface area contributed by atoms with Gasteiger partial charge in [-0.05, 0) is 25.0 Å². The number of hydrogen-bond acceptors (Lipinski definition) is 0. The maximum atomic E-state index is 12.4. The molecule has 0 heterocycles. The van der Waals surface area contributed by atoms with Crippen molar-refractivity contribution in [2.45, 2.75) is 26.7 Å². The molecule has 0 aromatic carbocycles. The van der Waals surface area contributed by atoms with E-state index in [1.54, 1.807) is 13.8 Å². The van der Waals surface area contributed by atoms with Crippen LogP contribution in [0.2, 0.25) is 0 Å². The molecule has 0 saturated carbocycles. The van der Waals surface area contributed by atoms with E-state index < -0.39 is 11.7 Å². The summed E-state index contributed by atoms with van der Waals surface area (Å²) in [5.74, 6) is -1.49. The smallest absolute Gasteiger partial charge is 0.154 e. The Kier molecular flexibility index (Phi) is 4.81. The minimum Gasteiger partial charge on any atom is -0.204 e. The minimum absolute atomic E-state index is 0.525. The Morgan fingerprint density at radius 1 is 1.00 bits per heavy atom. The third kappa shape index (κ3) is 3.38. The van der Waals surface area contributed by atoms with Gasteiger partial charge in [0.15, 0.2) is 11.7 Å². The Hall–Kier alpha value is -0.660. The summed E-state index contributed by atoms with van der Waals surface area (Å²) in [7, 11) is 0. The highest BCUT2D eigenvalue weighted by Gasteiger charge is 1.98. The van der Waals surface area contributed by atoms with Crippen molar-refractivity contribution >= 4 is 0 Å². The molecule has 0 radical (unpaired) electrons. The van der Waals surface area contributed by atoms with E-state index >= 15 is 0 Å². The van der Waals surface area contributed by atoms with Crippen molar-refractivity contribution in [3.05, 3.63) is 23.8 Å². The molecule has 0 aliphatic rings. The molecule has 0 fully saturated rings. The average molecular weight is 146 g/mol. The van der Waals surface area contributed by atoms with E-state index in [0.717, 1.165) is 0 Å². The van der Waals surface area contributed by atoms with Gasteiger partial charge in [0, 0.05) is 0 Å². The van der Waals surface area contributed by atoms with Crippen LogP contribution in [0, 0.1) is 0 Å². The second-order valence-electron chi connectivity index (χ2n) is 1.92. The van der Waals surface area contributed by atoms with Crippen molar-refractivity contribution in [3.8, 4) is 0 Å². The highest BCUT2D eigenvalue weighted by molar-refractivity contribution is 5.17. The maximum Gasteiger partial charge on any atom is 0.154 e. The van der Waals surface area contributed by atoms with Crippen molar-refractivity contribution in [1.29, 1.82) is 0 Å². The van der Waals surface area contributed by atoms with Gasteiger partial charge in [-0.2, -0.15) is 0 Å². The predicted molar refractivity (Wildman–Crippen MR) is 39.0 cm³/mol. The summed E-state index contributed by atoms with van der Waals surface area (Å²) < 4.78 is 24.8. The van der Waals surface area contributed by atoms with E-state index in [-0.39, 0.29) is 0 Å². The summed E-state index contributed by atoms with van der Waals surface area (Å²) in [5, 5.41) is 0. The second-order valence-corrected chi connectivity index (χ2v) is 1.92. The number of rotatable bonds is 3. The van der Waals surface area contributed by atoms with Gasteiger partial charge in [0.25, 0.3) is 0 Å². The molecule has 0 unspecified atom stereocenters. The van der Waals surface area contributed by atoms with E-state index in [0.29, 0.717) is 12.8 Å². The van der Waals surface area contributed by atoms with Gasteiger partial charge in [-0.3, -0.25) is 0 Å². The van der Waals surface area contributed by atoms with Gasteiger partial charge in [0.05, 0.1) is 0 Å². The fourth-order valence-electron chi connectivity index (χ4n) is 0.553. The topological polar surface area (TPSA) is 0 Å². The Labute approximate surface area is 60.2 Å². The molecule has 0 amide bonds. The Bertz CT molecular complexity index is 127. The standard InChI is InChI=1S/C8H12F2/c1-3-5-7(9)8(10)6-4-2/h5-6H,3-4H2,1-2H3/b7-5+,8-6+. The van der Waals surface area contributed by atoms with Gasteiger partial charge in [-0.1, -0.05) is 13.8 Å². The lowest BCUT2D eigenvalue weighted by molar-refractivity contribution is 0.539. The molecule has 58 valence electrons. The quantitative estimate of drug-likeness (QED) is 0.534. The Morgan fingerprint density at radius 3 is 1.50 bits per heavy atom. The summed E-state index contributed by atoms with van der Waals surface area (Å²) in [6.07, 6.45) is 3.50. The first kappa shape index (κ1) is 9.34. The van der Waals surface area contributed by atoms with Crippen LogP contribution in [-0.4, -0.2) is 0 Å². The van der Waals surface area contributed by atoms with E-state index in [1.807, 2.05) is 0 Å². The van der Waals surface area contributed by atoms with Crippen molar-refractivity contribution in [2.75, 3.05) is 0 Å². The molecule has 0 N–H and O–H groups in total. The van der Waals surface area contributed by atoms with Crippen LogP contribution in [0.3, 0.4) is 0 Å².